The van der Waals surface area contributed by atoms with Gasteiger partial charge in [0.25, 0.3) is 0 Å². The zero-order chi connectivity index (χ0) is 15.2. The van der Waals surface area contributed by atoms with Gasteiger partial charge in [0.05, 0.1) is 13.2 Å². The molecule has 7 heteroatoms. The van der Waals surface area contributed by atoms with Crippen LogP contribution in [0.4, 0.5) is 0 Å². The number of thiophene rings is 1. The number of hydrogen-bond acceptors (Lipinski definition) is 5. The Morgan fingerprint density at radius 3 is 3.14 bits per heavy atom. The lowest BCUT2D eigenvalue weighted by atomic mass is 9.99. The second kappa shape index (κ2) is 5.17. The molecule has 6 nitrogen and oxygen atoms in total. The molecule has 1 amide bonds. The van der Waals surface area contributed by atoms with E-state index in [2.05, 4.69) is 15.5 Å². The number of ether oxygens (including phenoxy) is 1. The van der Waals surface area contributed by atoms with Gasteiger partial charge in [0, 0.05) is 10.8 Å². The van der Waals surface area contributed by atoms with Gasteiger partial charge in [0.2, 0.25) is 5.91 Å². The second-order valence-corrected chi connectivity index (χ2v) is 7.15. The number of aromatic nitrogens is 3. The van der Waals surface area contributed by atoms with Crippen molar-refractivity contribution in [1.29, 1.82) is 0 Å². The molecule has 1 atom stereocenters. The van der Waals surface area contributed by atoms with E-state index in [-0.39, 0.29) is 5.91 Å². The minimum atomic E-state index is -0.772. The van der Waals surface area contributed by atoms with E-state index in [0.29, 0.717) is 25.7 Å². The van der Waals surface area contributed by atoms with E-state index >= 15 is 0 Å². The summed E-state index contributed by atoms with van der Waals surface area (Å²) in [6.45, 7) is 3.23. The molecule has 0 radical (unpaired) electrons. The number of hydrogen-bond donors (Lipinski definition) is 1. The molecule has 4 rings (SSSR count). The van der Waals surface area contributed by atoms with Crippen LogP contribution in [0.3, 0.4) is 0 Å². The smallest absolute Gasteiger partial charge is 0.248 e. The third-order valence-electron chi connectivity index (χ3n) is 4.30. The fourth-order valence-electron chi connectivity index (χ4n) is 2.91. The first-order valence-corrected chi connectivity index (χ1v) is 8.39. The minimum absolute atomic E-state index is 0.0384. The van der Waals surface area contributed by atoms with Gasteiger partial charge in [-0.3, -0.25) is 9.36 Å². The molecule has 0 saturated heterocycles. The van der Waals surface area contributed by atoms with E-state index in [1.54, 1.807) is 11.3 Å². The van der Waals surface area contributed by atoms with Crippen molar-refractivity contribution in [2.45, 2.75) is 44.4 Å². The monoisotopic (exact) mass is 318 g/mol. The molecule has 1 N–H and O–H groups in total. The van der Waals surface area contributed by atoms with E-state index in [9.17, 15) is 4.79 Å². The quantitative estimate of drug-likeness (QED) is 0.933. The zero-order valence-corrected chi connectivity index (χ0v) is 13.2. The van der Waals surface area contributed by atoms with Crippen LogP contribution < -0.4 is 5.32 Å². The average Bonchev–Trinajstić information content (AvgIpc) is 3.06. The summed E-state index contributed by atoms with van der Waals surface area (Å²) in [5.74, 6) is 2.10. The van der Waals surface area contributed by atoms with E-state index in [1.165, 1.54) is 0 Å². The molecular formula is C15H18N4O2S. The lowest BCUT2D eigenvalue weighted by molar-refractivity contribution is -0.135. The summed E-state index contributed by atoms with van der Waals surface area (Å²) in [4.78, 5) is 13.9. The fourth-order valence-corrected chi connectivity index (χ4v) is 3.56. The summed E-state index contributed by atoms with van der Waals surface area (Å²) in [5.41, 5.74) is -0.772. The normalized spacial score (nSPS) is 24.0. The summed E-state index contributed by atoms with van der Waals surface area (Å²) in [7, 11) is 0. The third-order valence-corrected chi connectivity index (χ3v) is 5.17. The van der Waals surface area contributed by atoms with Gasteiger partial charge >= 0.3 is 0 Å². The second-order valence-electron chi connectivity index (χ2n) is 6.11. The Morgan fingerprint density at radius 1 is 1.55 bits per heavy atom. The highest BCUT2D eigenvalue weighted by Gasteiger charge is 2.45. The molecular weight excluding hydrogens is 300 g/mol. The lowest BCUT2D eigenvalue weighted by Gasteiger charge is -2.35. The first-order chi connectivity index (χ1) is 10.7. The van der Waals surface area contributed by atoms with Crippen molar-refractivity contribution in [3.8, 4) is 0 Å². The van der Waals surface area contributed by atoms with Crippen molar-refractivity contribution < 1.29 is 9.53 Å². The molecule has 1 unspecified atom stereocenters. The minimum Gasteiger partial charge on any atom is -0.370 e. The Balaban J connectivity index is 1.60. The van der Waals surface area contributed by atoms with Crippen molar-refractivity contribution in [2.24, 2.45) is 0 Å². The highest BCUT2D eigenvalue weighted by molar-refractivity contribution is 7.09. The van der Waals surface area contributed by atoms with Crippen molar-refractivity contribution in [3.63, 3.8) is 0 Å². The molecule has 22 heavy (non-hydrogen) atoms. The lowest BCUT2D eigenvalue weighted by Crippen LogP contribution is -2.52. The maximum Gasteiger partial charge on any atom is 0.248 e. The molecule has 2 aromatic heterocycles. The third kappa shape index (κ3) is 2.24. The topological polar surface area (TPSA) is 69.0 Å². The van der Waals surface area contributed by atoms with Crippen LogP contribution in [-0.2, 0) is 28.2 Å². The maximum atomic E-state index is 12.8. The van der Waals surface area contributed by atoms with Crippen LogP contribution in [-0.4, -0.2) is 27.3 Å². The molecule has 2 aliphatic rings. The van der Waals surface area contributed by atoms with E-state index in [0.717, 1.165) is 29.4 Å². The van der Waals surface area contributed by atoms with Crippen LogP contribution in [0, 0.1) is 0 Å². The molecule has 1 saturated carbocycles. The van der Waals surface area contributed by atoms with E-state index < -0.39 is 5.54 Å². The average molecular weight is 318 g/mol. The van der Waals surface area contributed by atoms with Crippen molar-refractivity contribution in [3.05, 3.63) is 34.0 Å². The van der Waals surface area contributed by atoms with Gasteiger partial charge in [-0.2, -0.15) is 0 Å². The standard InChI is InChI=1S/C15H18N4O2S/c1-15(14(20)16-7-11-3-2-6-22-11)9-21-8-12-17-18-13(19(12)15)10-4-5-10/h2-3,6,10H,4-5,7-9H2,1H3,(H,16,20). The molecule has 116 valence electrons. The first kappa shape index (κ1) is 13.9. The number of fused-ring (bicyclic) bond motifs is 1. The summed E-state index contributed by atoms with van der Waals surface area (Å²) in [6, 6.07) is 4.01. The van der Waals surface area contributed by atoms with Crippen molar-refractivity contribution in [2.75, 3.05) is 6.61 Å². The van der Waals surface area contributed by atoms with Gasteiger partial charge < -0.3 is 10.1 Å². The predicted octanol–water partition coefficient (Wildman–Crippen LogP) is 1.78. The Bertz CT molecular complexity index is 692. The highest BCUT2D eigenvalue weighted by atomic mass is 32.1. The number of amides is 1. The van der Waals surface area contributed by atoms with Crippen LogP contribution >= 0.6 is 11.3 Å². The van der Waals surface area contributed by atoms with Crippen LogP contribution in [0.15, 0.2) is 17.5 Å². The molecule has 2 aromatic rings. The zero-order valence-electron chi connectivity index (χ0n) is 12.4. The molecule has 1 aliphatic carbocycles. The molecule has 3 heterocycles. The SMILES string of the molecule is CC1(C(=O)NCc2cccs2)COCc2nnc(C3CC3)n21. The molecule has 0 spiro atoms. The summed E-state index contributed by atoms with van der Waals surface area (Å²) in [6.07, 6.45) is 2.26. The van der Waals surface area contributed by atoms with Crippen LogP contribution in [0.2, 0.25) is 0 Å². The van der Waals surface area contributed by atoms with E-state index in [1.807, 2.05) is 29.0 Å². The number of rotatable bonds is 4. The summed E-state index contributed by atoms with van der Waals surface area (Å²) >= 11 is 1.64. The van der Waals surface area contributed by atoms with Gasteiger partial charge in [-0.1, -0.05) is 6.07 Å². The van der Waals surface area contributed by atoms with Crippen LogP contribution in [0.5, 0.6) is 0 Å². The van der Waals surface area contributed by atoms with Crippen LogP contribution in [0.1, 0.15) is 42.2 Å². The first-order valence-electron chi connectivity index (χ1n) is 7.51. The van der Waals surface area contributed by atoms with Gasteiger partial charge in [0.15, 0.2) is 5.82 Å². The van der Waals surface area contributed by atoms with Crippen molar-refractivity contribution >= 4 is 17.2 Å². The fraction of sp³-hybridized carbons (Fsp3) is 0.533. The largest absolute Gasteiger partial charge is 0.370 e. The Morgan fingerprint density at radius 2 is 2.41 bits per heavy atom. The predicted molar refractivity (Wildman–Crippen MR) is 81.5 cm³/mol. The van der Waals surface area contributed by atoms with Crippen LogP contribution in [0.25, 0.3) is 0 Å². The number of carbonyl (C=O) groups is 1. The number of nitrogens with one attached hydrogen (secondary N) is 1. The molecule has 1 aliphatic heterocycles. The Kier molecular flexibility index (Phi) is 3.27. The van der Waals surface area contributed by atoms with Gasteiger partial charge in [-0.05, 0) is 31.2 Å². The summed E-state index contributed by atoms with van der Waals surface area (Å²) < 4.78 is 7.61. The van der Waals surface area contributed by atoms with E-state index in [4.69, 9.17) is 4.74 Å². The maximum absolute atomic E-state index is 12.8. The van der Waals surface area contributed by atoms with Gasteiger partial charge in [-0.25, -0.2) is 0 Å². The number of nitrogens with zero attached hydrogens (tertiary/aromatic N) is 3. The van der Waals surface area contributed by atoms with Gasteiger partial charge in [-0.15, -0.1) is 21.5 Å². The Hall–Kier alpha value is -1.73. The molecule has 1 fully saturated rings. The number of carbonyl (C=O) groups excluding carboxylic acids is 1. The molecule has 0 aromatic carbocycles. The van der Waals surface area contributed by atoms with Gasteiger partial charge in [0.1, 0.15) is 18.0 Å². The Labute approximate surface area is 132 Å². The highest BCUT2D eigenvalue weighted by Crippen LogP contribution is 2.42. The molecule has 0 bridgehead atoms. The summed E-state index contributed by atoms with van der Waals surface area (Å²) in [5, 5.41) is 13.6. The van der Waals surface area contributed by atoms with Crippen molar-refractivity contribution in [1.82, 2.24) is 20.1 Å².